The average molecular weight is 371 g/mol. The van der Waals surface area contributed by atoms with Crippen LogP contribution in [0, 0.1) is 6.92 Å². The Bertz CT molecular complexity index is 781. The van der Waals surface area contributed by atoms with Gasteiger partial charge in [0.15, 0.2) is 0 Å². The van der Waals surface area contributed by atoms with Gasteiger partial charge in [-0.25, -0.2) is 0 Å². The number of halogens is 1. The van der Waals surface area contributed by atoms with Crippen molar-refractivity contribution in [3.63, 3.8) is 0 Å². The number of hydrogen-bond donors (Lipinski definition) is 0. The third-order valence-electron chi connectivity index (χ3n) is 4.55. The molecule has 1 heterocycles. The van der Waals surface area contributed by atoms with Crippen molar-refractivity contribution in [1.82, 2.24) is 4.90 Å². The van der Waals surface area contributed by atoms with E-state index >= 15 is 0 Å². The summed E-state index contributed by atoms with van der Waals surface area (Å²) in [5, 5.41) is 0.739. The molecule has 4 nitrogen and oxygen atoms in total. The first kappa shape index (κ1) is 18.3. The zero-order valence-electron chi connectivity index (χ0n) is 15.0. The van der Waals surface area contributed by atoms with Crippen molar-refractivity contribution in [3.05, 3.63) is 71.3 Å². The van der Waals surface area contributed by atoms with Crippen LogP contribution in [-0.2, 0) is 0 Å². The fourth-order valence-electron chi connectivity index (χ4n) is 3.11. The van der Waals surface area contributed by atoms with Crippen molar-refractivity contribution in [3.8, 4) is 5.75 Å². The van der Waals surface area contributed by atoms with Gasteiger partial charge in [-0.15, -0.1) is 0 Å². The topological polar surface area (TPSA) is 32.8 Å². The number of piperazine rings is 1. The predicted molar refractivity (Wildman–Crippen MR) is 106 cm³/mol. The number of carbonyl (C=O) groups is 1. The van der Waals surface area contributed by atoms with E-state index in [0.717, 1.165) is 29.5 Å². The Morgan fingerprint density at radius 2 is 1.85 bits per heavy atom. The molecule has 3 rings (SSSR count). The van der Waals surface area contributed by atoms with Crippen LogP contribution >= 0.6 is 11.6 Å². The van der Waals surface area contributed by atoms with Gasteiger partial charge in [-0.1, -0.05) is 30.3 Å². The van der Waals surface area contributed by atoms with Gasteiger partial charge in [-0.05, 0) is 48.9 Å². The molecular formula is C21H23ClN2O2. The Kier molecular flexibility index (Phi) is 5.84. The molecule has 2 aromatic carbocycles. The van der Waals surface area contributed by atoms with Gasteiger partial charge in [0.25, 0.3) is 5.91 Å². The number of carbonyl (C=O) groups excluding carboxylic acids is 1. The molecule has 0 bridgehead atoms. The highest BCUT2D eigenvalue weighted by molar-refractivity contribution is 6.30. The zero-order valence-corrected chi connectivity index (χ0v) is 15.7. The van der Waals surface area contributed by atoms with Crippen LogP contribution in [0.3, 0.4) is 0 Å². The van der Waals surface area contributed by atoms with Gasteiger partial charge in [0, 0.05) is 42.5 Å². The highest BCUT2D eigenvalue weighted by atomic mass is 35.5. The molecule has 1 saturated heterocycles. The summed E-state index contributed by atoms with van der Waals surface area (Å²) in [5.74, 6) is 0.797. The molecule has 0 aliphatic carbocycles. The summed E-state index contributed by atoms with van der Waals surface area (Å²) in [5.41, 5.74) is 3.03. The molecule has 26 heavy (non-hydrogen) atoms. The van der Waals surface area contributed by atoms with Crippen molar-refractivity contribution < 1.29 is 9.53 Å². The quantitative estimate of drug-likeness (QED) is 0.740. The molecule has 1 aliphatic rings. The van der Waals surface area contributed by atoms with E-state index in [1.165, 1.54) is 5.56 Å². The SMILES string of the molecule is C=CCOc1ccc(C(=O)N2CCN(c3cc(Cl)ccc3C)CC2)cc1. The normalized spacial score (nSPS) is 14.2. The molecule has 1 aliphatic heterocycles. The van der Waals surface area contributed by atoms with Crippen LogP contribution in [0.1, 0.15) is 15.9 Å². The summed E-state index contributed by atoms with van der Waals surface area (Å²) in [7, 11) is 0. The fraction of sp³-hybridized carbons (Fsp3) is 0.286. The number of nitrogens with zero attached hydrogens (tertiary/aromatic N) is 2. The maximum atomic E-state index is 12.7. The van der Waals surface area contributed by atoms with Crippen LogP contribution in [-0.4, -0.2) is 43.6 Å². The van der Waals surface area contributed by atoms with Crippen LogP contribution < -0.4 is 9.64 Å². The first-order valence-corrected chi connectivity index (χ1v) is 9.10. The minimum Gasteiger partial charge on any atom is -0.490 e. The van der Waals surface area contributed by atoms with Gasteiger partial charge < -0.3 is 14.5 Å². The highest BCUT2D eigenvalue weighted by Crippen LogP contribution is 2.25. The smallest absolute Gasteiger partial charge is 0.253 e. The summed E-state index contributed by atoms with van der Waals surface area (Å²) in [4.78, 5) is 16.9. The lowest BCUT2D eigenvalue weighted by atomic mass is 10.1. The zero-order chi connectivity index (χ0) is 18.5. The van der Waals surface area contributed by atoms with E-state index in [0.29, 0.717) is 25.3 Å². The molecule has 0 aromatic heterocycles. The van der Waals surface area contributed by atoms with Gasteiger partial charge in [0.05, 0.1) is 0 Å². The molecule has 5 heteroatoms. The summed E-state index contributed by atoms with van der Waals surface area (Å²) in [6.07, 6.45) is 1.69. The second kappa shape index (κ2) is 8.28. The van der Waals surface area contributed by atoms with Gasteiger partial charge in [0.1, 0.15) is 12.4 Å². The van der Waals surface area contributed by atoms with Crippen LogP contribution in [0.25, 0.3) is 0 Å². The molecule has 0 atom stereocenters. The maximum absolute atomic E-state index is 12.7. The molecule has 0 unspecified atom stereocenters. The molecule has 1 fully saturated rings. The van der Waals surface area contributed by atoms with Crippen LogP contribution in [0.15, 0.2) is 55.1 Å². The number of ether oxygens (including phenoxy) is 1. The van der Waals surface area contributed by atoms with E-state index < -0.39 is 0 Å². The number of rotatable bonds is 5. The Morgan fingerprint density at radius 3 is 2.50 bits per heavy atom. The minimum atomic E-state index is 0.0581. The fourth-order valence-corrected chi connectivity index (χ4v) is 3.27. The Morgan fingerprint density at radius 1 is 1.15 bits per heavy atom. The van der Waals surface area contributed by atoms with E-state index in [2.05, 4.69) is 18.4 Å². The molecule has 0 N–H and O–H groups in total. The average Bonchev–Trinajstić information content (AvgIpc) is 2.68. The number of aryl methyl sites for hydroxylation is 1. The van der Waals surface area contributed by atoms with E-state index in [1.54, 1.807) is 6.08 Å². The number of anilines is 1. The summed E-state index contributed by atoms with van der Waals surface area (Å²) < 4.78 is 5.46. The highest BCUT2D eigenvalue weighted by Gasteiger charge is 2.23. The summed E-state index contributed by atoms with van der Waals surface area (Å²) in [6.45, 7) is 9.15. The lowest BCUT2D eigenvalue weighted by Gasteiger charge is -2.37. The third-order valence-corrected chi connectivity index (χ3v) is 4.78. The van der Waals surface area contributed by atoms with E-state index in [-0.39, 0.29) is 5.91 Å². The molecular weight excluding hydrogens is 348 g/mol. The van der Waals surface area contributed by atoms with Gasteiger partial charge in [-0.3, -0.25) is 4.79 Å². The lowest BCUT2D eigenvalue weighted by molar-refractivity contribution is 0.0746. The number of amides is 1. The minimum absolute atomic E-state index is 0.0581. The molecule has 0 radical (unpaired) electrons. The predicted octanol–water partition coefficient (Wildman–Crippen LogP) is 4.18. The Hall–Kier alpha value is -2.46. The third kappa shape index (κ3) is 4.20. The monoisotopic (exact) mass is 370 g/mol. The molecule has 0 saturated carbocycles. The van der Waals surface area contributed by atoms with E-state index in [4.69, 9.17) is 16.3 Å². The van der Waals surface area contributed by atoms with Gasteiger partial charge in [0.2, 0.25) is 0 Å². The number of hydrogen-bond acceptors (Lipinski definition) is 3. The first-order chi connectivity index (χ1) is 12.6. The van der Waals surface area contributed by atoms with Crippen molar-refractivity contribution in [1.29, 1.82) is 0 Å². The molecule has 1 amide bonds. The van der Waals surface area contributed by atoms with Crippen molar-refractivity contribution in [2.75, 3.05) is 37.7 Å². The Labute approximate surface area is 159 Å². The summed E-state index contributed by atoms with van der Waals surface area (Å²) in [6, 6.07) is 13.2. The van der Waals surface area contributed by atoms with Crippen LogP contribution in [0.4, 0.5) is 5.69 Å². The van der Waals surface area contributed by atoms with Crippen molar-refractivity contribution >= 4 is 23.2 Å². The Balaban J connectivity index is 1.61. The van der Waals surface area contributed by atoms with E-state index in [9.17, 15) is 4.79 Å². The first-order valence-electron chi connectivity index (χ1n) is 8.72. The largest absolute Gasteiger partial charge is 0.490 e. The van der Waals surface area contributed by atoms with Crippen LogP contribution in [0.2, 0.25) is 5.02 Å². The van der Waals surface area contributed by atoms with Gasteiger partial charge >= 0.3 is 0 Å². The summed E-state index contributed by atoms with van der Waals surface area (Å²) >= 11 is 6.13. The standard InChI is InChI=1S/C21H23ClN2O2/c1-3-14-26-19-8-5-17(6-9-19)21(25)24-12-10-23(11-13-24)20-15-18(22)7-4-16(20)2/h3-9,15H,1,10-14H2,2H3. The molecule has 2 aromatic rings. The number of benzene rings is 2. The second-order valence-corrected chi connectivity index (χ2v) is 6.77. The van der Waals surface area contributed by atoms with E-state index in [1.807, 2.05) is 47.4 Å². The second-order valence-electron chi connectivity index (χ2n) is 6.33. The van der Waals surface area contributed by atoms with Crippen molar-refractivity contribution in [2.45, 2.75) is 6.92 Å². The lowest BCUT2D eigenvalue weighted by Crippen LogP contribution is -2.49. The van der Waals surface area contributed by atoms with Crippen LogP contribution in [0.5, 0.6) is 5.75 Å². The maximum Gasteiger partial charge on any atom is 0.253 e. The molecule has 136 valence electrons. The molecule has 0 spiro atoms. The van der Waals surface area contributed by atoms with Gasteiger partial charge in [-0.2, -0.15) is 0 Å². The van der Waals surface area contributed by atoms with Crippen molar-refractivity contribution in [2.24, 2.45) is 0 Å².